The van der Waals surface area contributed by atoms with Crippen molar-refractivity contribution in [1.29, 1.82) is 0 Å². The molecule has 0 spiro atoms. The second-order valence-electron chi connectivity index (χ2n) is 5.22. The molecule has 3 heteroatoms. The Kier molecular flexibility index (Phi) is 3.92. The number of ether oxygens (including phenoxy) is 1. The second kappa shape index (κ2) is 5.03. The second-order valence-corrected chi connectivity index (χ2v) is 5.59. The molecular weight excluding hydrogens is 210 g/mol. The minimum absolute atomic E-state index is 0.451. The van der Waals surface area contributed by atoms with Crippen LogP contribution in [0.5, 0.6) is 0 Å². The van der Waals surface area contributed by atoms with Crippen molar-refractivity contribution in [3.05, 3.63) is 0 Å². The first-order valence-electron chi connectivity index (χ1n) is 6.16. The normalized spacial score (nSPS) is 33.2. The molecule has 1 saturated carbocycles. The van der Waals surface area contributed by atoms with Gasteiger partial charge in [-0.05, 0) is 44.4 Å². The number of hydrogen-bond acceptors (Lipinski definition) is 2. The summed E-state index contributed by atoms with van der Waals surface area (Å²) in [4.78, 5) is 0. The zero-order valence-electron chi connectivity index (χ0n) is 9.60. The lowest BCUT2D eigenvalue weighted by Gasteiger charge is -2.17. The van der Waals surface area contributed by atoms with E-state index < -0.39 is 0 Å². The molecule has 2 unspecified atom stereocenters. The fourth-order valence-corrected chi connectivity index (χ4v) is 2.83. The Labute approximate surface area is 97.7 Å². The summed E-state index contributed by atoms with van der Waals surface area (Å²) in [6.45, 7) is 4.32. The van der Waals surface area contributed by atoms with Crippen molar-refractivity contribution in [3.63, 3.8) is 0 Å². The van der Waals surface area contributed by atoms with Gasteiger partial charge in [-0.3, -0.25) is 0 Å². The number of hydrogen-bond donors (Lipinski definition) is 1. The van der Waals surface area contributed by atoms with Crippen molar-refractivity contribution in [1.82, 2.24) is 5.32 Å². The smallest absolute Gasteiger partial charge is 0.0704 e. The molecule has 88 valence electrons. The maximum Gasteiger partial charge on any atom is 0.0704 e. The van der Waals surface area contributed by atoms with Crippen molar-refractivity contribution in [2.45, 2.75) is 51.2 Å². The van der Waals surface area contributed by atoms with Gasteiger partial charge in [0.2, 0.25) is 0 Å². The van der Waals surface area contributed by atoms with E-state index in [0.717, 1.165) is 19.0 Å². The summed E-state index contributed by atoms with van der Waals surface area (Å²) in [5.74, 6) is 0.804. The van der Waals surface area contributed by atoms with Gasteiger partial charge in [-0.1, -0.05) is 0 Å². The van der Waals surface area contributed by atoms with Crippen LogP contribution in [0, 0.1) is 5.41 Å². The predicted molar refractivity (Wildman–Crippen MR) is 63.4 cm³/mol. The summed E-state index contributed by atoms with van der Waals surface area (Å²) in [6, 6.07) is 0. The largest absolute Gasteiger partial charge is 0.374 e. The highest BCUT2D eigenvalue weighted by molar-refractivity contribution is 6.17. The molecule has 2 rings (SSSR count). The van der Waals surface area contributed by atoms with Crippen LogP contribution in [0.1, 0.15) is 39.0 Å². The molecule has 2 nitrogen and oxygen atoms in total. The van der Waals surface area contributed by atoms with E-state index >= 15 is 0 Å². The SMILES string of the molecule is CC1CCC(CNCC2(CCCl)CC2)O1. The van der Waals surface area contributed by atoms with E-state index in [-0.39, 0.29) is 0 Å². The highest BCUT2D eigenvalue weighted by atomic mass is 35.5. The maximum absolute atomic E-state index is 5.80. The van der Waals surface area contributed by atoms with E-state index in [0.29, 0.717) is 17.6 Å². The molecule has 0 bridgehead atoms. The van der Waals surface area contributed by atoms with Gasteiger partial charge in [0.05, 0.1) is 12.2 Å². The topological polar surface area (TPSA) is 21.3 Å². The third kappa shape index (κ3) is 3.33. The van der Waals surface area contributed by atoms with Gasteiger partial charge in [0.25, 0.3) is 0 Å². The summed E-state index contributed by atoms with van der Waals surface area (Å²) >= 11 is 5.80. The van der Waals surface area contributed by atoms with Crippen LogP contribution in [0.25, 0.3) is 0 Å². The highest BCUT2D eigenvalue weighted by Crippen LogP contribution is 2.48. The van der Waals surface area contributed by atoms with Crippen molar-refractivity contribution in [2.24, 2.45) is 5.41 Å². The van der Waals surface area contributed by atoms with Crippen LogP contribution in [0.4, 0.5) is 0 Å². The molecule has 1 aliphatic carbocycles. The molecule has 2 aliphatic rings. The van der Waals surface area contributed by atoms with Crippen molar-refractivity contribution in [3.8, 4) is 0 Å². The summed E-state index contributed by atoms with van der Waals surface area (Å²) in [7, 11) is 0. The Morgan fingerprint density at radius 2 is 2.20 bits per heavy atom. The molecule has 0 aromatic carbocycles. The van der Waals surface area contributed by atoms with Crippen LogP contribution in [-0.2, 0) is 4.74 Å². The first kappa shape index (κ1) is 11.7. The standard InChI is InChI=1S/C12H22ClNO/c1-10-2-3-11(15-10)8-14-9-12(4-5-12)6-7-13/h10-11,14H,2-9H2,1H3. The van der Waals surface area contributed by atoms with Gasteiger partial charge in [-0.2, -0.15) is 0 Å². The van der Waals surface area contributed by atoms with E-state index in [1.807, 2.05) is 0 Å². The van der Waals surface area contributed by atoms with Crippen molar-refractivity contribution < 1.29 is 4.74 Å². The lowest BCUT2D eigenvalue weighted by Crippen LogP contribution is -2.32. The third-order valence-corrected chi connectivity index (χ3v) is 3.96. The van der Waals surface area contributed by atoms with Crippen LogP contribution in [0.15, 0.2) is 0 Å². The molecule has 0 amide bonds. The van der Waals surface area contributed by atoms with Gasteiger partial charge >= 0.3 is 0 Å². The van der Waals surface area contributed by atoms with Gasteiger partial charge in [0, 0.05) is 19.0 Å². The lowest BCUT2D eigenvalue weighted by molar-refractivity contribution is 0.0553. The molecule has 0 aromatic heterocycles. The summed E-state index contributed by atoms with van der Waals surface area (Å²) in [5, 5.41) is 3.55. The van der Waals surface area contributed by atoms with Crippen LogP contribution in [-0.4, -0.2) is 31.2 Å². The summed E-state index contributed by atoms with van der Waals surface area (Å²) in [5.41, 5.74) is 0.548. The van der Waals surface area contributed by atoms with Crippen LogP contribution in [0.2, 0.25) is 0 Å². The summed E-state index contributed by atoms with van der Waals surface area (Å²) in [6.07, 6.45) is 7.24. The van der Waals surface area contributed by atoms with Crippen molar-refractivity contribution in [2.75, 3.05) is 19.0 Å². The molecule has 1 aliphatic heterocycles. The third-order valence-electron chi connectivity index (χ3n) is 3.77. The zero-order chi connectivity index (χ0) is 10.7. The number of alkyl halides is 1. The Bertz CT molecular complexity index is 206. The Morgan fingerprint density at radius 1 is 1.40 bits per heavy atom. The lowest BCUT2D eigenvalue weighted by atomic mass is 10.0. The molecule has 0 aromatic rings. The van der Waals surface area contributed by atoms with Crippen LogP contribution >= 0.6 is 11.6 Å². The molecule has 15 heavy (non-hydrogen) atoms. The van der Waals surface area contributed by atoms with Gasteiger partial charge in [-0.15, -0.1) is 11.6 Å². The molecule has 0 radical (unpaired) electrons. The molecule has 2 atom stereocenters. The van der Waals surface area contributed by atoms with Gasteiger partial charge in [0.15, 0.2) is 0 Å². The first-order valence-corrected chi connectivity index (χ1v) is 6.70. The fourth-order valence-electron chi connectivity index (χ4n) is 2.43. The average molecular weight is 232 g/mol. The molecular formula is C12H22ClNO. The van der Waals surface area contributed by atoms with E-state index in [4.69, 9.17) is 16.3 Å². The van der Waals surface area contributed by atoms with E-state index in [9.17, 15) is 0 Å². The minimum atomic E-state index is 0.451. The molecule has 1 N–H and O–H groups in total. The zero-order valence-corrected chi connectivity index (χ0v) is 10.4. The fraction of sp³-hybridized carbons (Fsp3) is 1.00. The van der Waals surface area contributed by atoms with Crippen LogP contribution in [0.3, 0.4) is 0 Å². The van der Waals surface area contributed by atoms with E-state index in [1.165, 1.54) is 32.1 Å². The molecule has 1 saturated heterocycles. The Morgan fingerprint density at radius 3 is 2.73 bits per heavy atom. The number of nitrogens with one attached hydrogen (secondary N) is 1. The average Bonchev–Trinajstić information content (AvgIpc) is 2.83. The number of rotatable bonds is 6. The van der Waals surface area contributed by atoms with Gasteiger partial charge < -0.3 is 10.1 Å². The Balaban J connectivity index is 1.59. The van der Waals surface area contributed by atoms with Gasteiger partial charge in [0.1, 0.15) is 0 Å². The van der Waals surface area contributed by atoms with Crippen LogP contribution < -0.4 is 5.32 Å². The monoisotopic (exact) mass is 231 g/mol. The molecule has 1 heterocycles. The quantitative estimate of drug-likeness (QED) is 0.710. The number of halogens is 1. The van der Waals surface area contributed by atoms with E-state index in [1.54, 1.807) is 0 Å². The van der Waals surface area contributed by atoms with E-state index in [2.05, 4.69) is 12.2 Å². The van der Waals surface area contributed by atoms with Crippen molar-refractivity contribution >= 4 is 11.6 Å². The predicted octanol–water partition coefficient (Wildman–Crippen LogP) is 2.55. The minimum Gasteiger partial charge on any atom is -0.374 e. The maximum atomic E-state index is 5.80. The van der Waals surface area contributed by atoms with Gasteiger partial charge in [-0.25, -0.2) is 0 Å². The first-order chi connectivity index (χ1) is 7.24. The summed E-state index contributed by atoms with van der Waals surface area (Å²) < 4.78 is 5.77. The highest BCUT2D eigenvalue weighted by Gasteiger charge is 2.41. The molecule has 2 fully saturated rings. The Hall–Kier alpha value is 0.210.